The highest BCUT2D eigenvalue weighted by Gasteiger charge is 2.26. The van der Waals surface area contributed by atoms with Crippen LogP contribution < -0.4 is 9.64 Å². The Bertz CT molecular complexity index is 692. The standard InChI is InChI=1S/C18H22N4O2/c1-14(23)22-12-6-7-15(13-22)21(2)18-19-11-10-17(20-18)24-16-8-4-3-5-9-16/h3-5,8-11,15H,6-7,12-13H2,1-2H3. The molecule has 1 saturated heterocycles. The molecule has 1 aliphatic heterocycles. The number of likely N-dealkylation sites (tertiary alicyclic amines) is 1. The molecule has 2 aromatic rings. The molecule has 1 fully saturated rings. The van der Waals surface area contributed by atoms with E-state index in [1.165, 1.54) is 0 Å². The van der Waals surface area contributed by atoms with Crippen molar-refractivity contribution in [3.05, 3.63) is 42.6 Å². The summed E-state index contributed by atoms with van der Waals surface area (Å²) in [5, 5.41) is 0. The molecule has 6 heteroatoms. The van der Waals surface area contributed by atoms with Crippen LogP contribution in [0.3, 0.4) is 0 Å². The van der Waals surface area contributed by atoms with Crippen LogP contribution in [0, 0.1) is 0 Å². The molecule has 0 radical (unpaired) electrons. The number of carbonyl (C=O) groups excluding carboxylic acids is 1. The van der Waals surface area contributed by atoms with E-state index in [2.05, 4.69) is 9.97 Å². The average Bonchev–Trinajstić information content (AvgIpc) is 2.62. The maximum atomic E-state index is 11.6. The zero-order valence-corrected chi connectivity index (χ0v) is 14.1. The van der Waals surface area contributed by atoms with Gasteiger partial charge in [-0.15, -0.1) is 0 Å². The van der Waals surface area contributed by atoms with E-state index in [0.29, 0.717) is 18.4 Å². The first-order valence-electron chi connectivity index (χ1n) is 8.18. The molecule has 0 aliphatic carbocycles. The van der Waals surface area contributed by atoms with Gasteiger partial charge < -0.3 is 14.5 Å². The van der Waals surface area contributed by atoms with Gasteiger partial charge in [-0.3, -0.25) is 4.79 Å². The predicted octanol–water partition coefficient (Wildman–Crippen LogP) is 2.72. The number of nitrogens with zero attached hydrogens (tertiary/aromatic N) is 4. The van der Waals surface area contributed by atoms with E-state index in [1.54, 1.807) is 19.2 Å². The van der Waals surface area contributed by atoms with Crippen LogP contribution in [0.25, 0.3) is 0 Å². The molecular formula is C18H22N4O2. The second-order valence-corrected chi connectivity index (χ2v) is 5.98. The first kappa shape index (κ1) is 16.2. The van der Waals surface area contributed by atoms with Gasteiger partial charge in [0.15, 0.2) is 0 Å². The molecule has 24 heavy (non-hydrogen) atoms. The number of ether oxygens (including phenoxy) is 1. The summed E-state index contributed by atoms with van der Waals surface area (Å²) in [5.74, 6) is 1.98. The van der Waals surface area contributed by atoms with Crippen molar-refractivity contribution in [3.63, 3.8) is 0 Å². The van der Waals surface area contributed by atoms with Crippen LogP contribution in [-0.4, -0.2) is 47.0 Å². The van der Waals surface area contributed by atoms with Crippen LogP contribution >= 0.6 is 0 Å². The number of benzene rings is 1. The molecule has 6 nitrogen and oxygen atoms in total. The summed E-state index contributed by atoms with van der Waals surface area (Å²) in [4.78, 5) is 24.4. The lowest BCUT2D eigenvalue weighted by atomic mass is 10.0. The number of anilines is 1. The smallest absolute Gasteiger partial charge is 0.228 e. The summed E-state index contributed by atoms with van der Waals surface area (Å²) >= 11 is 0. The number of rotatable bonds is 4. The van der Waals surface area contributed by atoms with Crippen molar-refractivity contribution in [2.45, 2.75) is 25.8 Å². The molecule has 0 bridgehead atoms. The third-order valence-corrected chi connectivity index (χ3v) is 4.29. The second-order valence-electron chi connectivity index (χ2n) is 5.98. The number of amides is 1. The Kier molecular flexibility index (Phi) is 4.93. The number of hydrogen-bond acceptors (Lipinski definition) is 5. The minimum Gasteiger partial charge on any atom is -0.439 e. The van der Waals surface area contributed by atoms with E-state index in [-0.39, 0.29) is 11.9 Å². The molecule has 1 atom stereocenters. The van der Waals surface area contributed by atoms with Crippen LogP contribution in [0.15, 0.2) is 42.6 Å². The molecule has 1 aromatic heterocycles. The molecule has 0 saturated carbocycles. The first-order chi connectivity index (χ1) is 11.6. The highest BCUT2D eigenvalue weighted by Crippen LogP contribution is 2.23. The average molecular weight is 326 g/mol. The Morgan fingerprint density at radius 3 is 2.83 bits per heavy atom. The number of aromatic nitrogens is 2. The predicted molar refractivity (Wildman–Crippen MR) is 92.2 cm³/mol. The fourth-order valence-corrected chi connectivity index (χ4v) is 2.89. The van der Waals surface area contributed by atoms with Crippen molar-refractivity contribution in [2.24, 2.45) is 0 Å². The summed E-state index contributed by atoms with van der Waals surface area (Å²) < 4.78 is 5.77. The molecule has 0 N–H and O–H groups in total. The van der Waals surface area contributed by atoms with Crippen molar-refractivity contribution in [1.82, 2.24) is 14.9 Å². The molecule has 2 heterocycles. The van der Waals surface area contributed by atoms with Crippen LogP contribution in [-0.2, 0) is 4.79 Å². The molecule has 126 valence electrons. The van der Waals surface area contributed by atoms with E-state index >= 15 is 0 Å². The van der Waals surface area contributed by atoms with E-state index in [4.69, 9.17) is 4.74 Å². The zero-order valence-electron chi connectivity index (χ0n) is 14.1. The van der Waals surface area contributed by atoms with Gasteiger partial charge in [-0.25, -0.2) is 4.98 Å². The minimum atomic E-state index is 0.121. The molecular weight excluding hydrogens is 304 g/mol. The summed E-state index contributed by atoms with van der Waals surface area (Å²) in [5.41, 5.74) is 0. The molecule has 1 unspecified atom stereocenters. The Labute approximate surface area is 142 Å². The maximum absolute atomic E-state index is 11.6. The van der Waals surface area contributed by atoms with E-state index < -0.39 is 0 Å². The van der Waals surface area contributed by atoms with E-state index in [1.807, 2.05) is 47.2 Å². The summed E-state index contributed by atoms with van der Waals surface area (Å²) in [6.45, 7) is 3.16. The van der Waals surface area contributed by atoms with Gasteiger partial charge in [-0.2, -0.15) is 4.98 Å². The molecule has 1 amide bonds. The zero-order chi connectivity index (χ0) is 16.9. The lowest BCUT2D eigenvalue weighted by Crippen LogP contribution is -2.48. The normalized spacial score (nSPS) is 17.4. The van der Waals surface area contributed by atoms with Gasteiger partial charge in [-0.05, 0) is 25.0 Å². The third-order valence-electron chi connectivity index (χ3n) is 4.29. The SMILES string of the molecule is CC(=O)N1CCCC(N(C)c2nccc(Oc3ccccc3)n2)C1. The van der Waals surface area contributed by atoms with Gasteiger partial charge in [-0.1, -0.05) is 18.2 Å². The Balaban J connectivity index is 1.72. The van der Waals surface area contributed by atoms with Crippen LogP contribution in [0.4, 0.5) is 5.95 Å². The van der Waals surface area contributed by atoms with Gasteiger partial charge in [0.25, 0.3) is 0 Å². The first-order valence-corrected chi connectivity index (χ1v) is 8.18. The van der Waals surface area contributed by atoms with E-state index in [0.717, 1.165) is 25.1 Å². The van der Waals surface area contributed by atoms with Crippen molar-refractivity contribution in [1.29, 1.82) is 0 Å². The van der Waals surface area contributed by atoms with Gasteiger partial charge >= 0.3 is 0 Å². The van der Waals surface area contributed by atoms with E-state index in [9.17, 15) is 4.79 Å². The van der Waals surface area contributed by atoms with Crippen LogP contribution in [0.2, 0.25) is 0 Å². The summed E-state index contributed by atoms with van der Waals surface area (Å²) in [7, 11) is 1.97. The Morgan fingerprint density at radius 1 is 1.29 bits per heavy atom. The highest BCUT2D eigenvalue weighted by molar-refractivity contribution is 5.73. The van der Waals surface area contributed by atoms with Crippen molar-refractivity contribution in [2.75, 3.05) is 25.0 Å². The van der Waals surface area contributed by atoms with Gasteiger partial charge in [0, 0.05) is 45.4 Å². The van der Waals surface area contributed by atoms with Gasteiger partial charge in [0.2, 0.25) is 17.7 Å². The maximum Gasteiger partial charge on any atom is 0.228 e. The molecule has 1 aromatic carbocycles. The fraction of sp³-hybridized carbons (Fsp3) is 0.389. The number of likely N-dealkylation sites (N-methyl/N-ethyl adjacent to an activating group) is 1. The molecule has 0 spiro atoms. The highest BCUT2D eigenvalue weighted by atomic mass is 16.5. The second kappa shape index (κ2) is 7.29. The van der Waals surface area contributed by atoms with Gasteiger partial charge in [0.05, 0.1) is 0 Å². The van der Waals surface area contributed by atoms with Crippen molar-refractivity contribution >= 4 is 11.9 Å². The number of para-hydroxylation sites is 1. The fourth-order valence-electron chi connectivity index (χ4n) is 2.89. The third kappa shape index (κ3) is 3.82. The Morgan fingerprint density at radius 2 is 2.08 bits per heavy atom. The number of carbonyl (C=O) groups is 1. The number of hydrogen-bond donors (Lipinski definition) is 0. The summed E-state index contributed by atoms with van der Waals surface area (Å²) in [6, 6.07) is 11.5. The quantitative estimate of drug-likeness (QED) is 0.864. The largest absolute Gasteiger partial charge is 0.439 e. The monoisotopic (exact) mass is 326 g/mol. The lowest BCUT2D eigenvalue weighted by molar-refractivity contribution is -0.129. The molecule has 1 aliphatic rings. The number of piperidine rings is 1. The van der Waals surface area contributed by atoms with Gasteiger partial charge in [0.1, 0.15) is 5.75 Å². The van der Waals surface area contributed by atoms with Crippen LogP contribution in [0.1, 0.15) is 19.8 Å². The van der Waals surface area contributed by atoms with Crippen molar-refractivity contribution in [3.8, 4) is 11.6 Å². The molecule has 3 rings (SSSR count). The minimum absolute atomic E-state index is 0.121. The van der Waals surface area contributed by atoms with Crippen LogP contribution in [0.5, 0.6) is 11.6 Å². The van der Waals surface area contributed by atoms with Crippen molar-refractivity contribution < 1.29 is 9.53 Å². The summed E-state index contributed by atoms with van der Waals surface area (Å²) in [6.07, 6.45) is 3.71. The Hall–Kier alpha value is -2.63. The topological polar surface area (TPSA) is 58.6 Å². The lowest BCUT2D eigenvalue weighted by Gasteiger charge is -2.37.